The second-order valence-electron chi connectivity index (χ2n) is 4.72. The average Bonchev–Trinajstić information content (AvgIpc) is 2.31. The number of carbonyl (C=O) groups is 1. The number of aliphatic hydroxyl groups is 1. The minimum Gasteiger partial charge on any atom is -0.465 e. The molecule has 1 heterocycles. The molecule has 1 atom stereocenters. The van der Waals surface area contributed by atoms with Gasteiger partial charge < -0.3 is 14.6 Å². The summed E-state index contributed by atoms with van der Waals surface area (Å²) in [4.78, 5) is 11.2. The van der Waals surface area contributed by atoms with Gasteiger partial charge in [-0.25, -0.2) is 0 Å². The lowest BCUT2D eigenvalue weighted by atomic mass is 9.93. The molecule has 0 radical (unpaired) electrons. The van der Waals surface area contributed by atoms with Crippen LogP contribution in [-0.4, -0.2) is 17.4 Å². The summed E-state index contributed by atoms with van der Waals surface area (Å²) in [5.41, 5.74) is 3.76. The van der Waals surface area contributed by atoms with E-state index in [1.807, 2.05) is 20.8 Å². The number of carbonyl (C=O) groups excluding carboxylic acids is 1. The standard InChI is InChI=1S/C14H18O4/c1-7-8(2)14-11(5-6-12(16)18-14)9(3)13(7)17-10(4)15/h12,16H,5-6H2,1-4H3/t12-/m1/s1. The summed E-state index contributed by atoms with van der Waals surface area (Å²) in [6, 6.07) is 0. The number of ether oxygens (including phenoxy) is 2. The van der Waals surface area contributed by atoms with Gasteiger partial charge in [0.1, 0.15) is 11.5 Å². The number of fused-ring (bicyclic) bond motifs is 1. The molecule has 0 amide bonds. The Bertz CT molecular complexity index is 505. The van der Waals surface area contributed by atoms with E-state index >= 15 is 0 Å². The Morgan fingerprint density at radius 3 is 2.56 bits per heavy atom. The Morgan fingerprint density at radius 2 is 1.94 bits per heavy atom. The van der Waals surface area contributed by atoms with Gasteiger partial charge in [-0.2, -0.15) is 0 Å². The van der Waals surface area contributed by atoms with E-state index in [0.717, 1.165) is 34.4 Å². The maximum atomic E-state index is 11.2. The molecule has 0 saturated heterocycles. The van der Waals surface area contributed by atoms with E-state index in [9.17, 15) is 9.90 Å². The van der Waals surface area contributed by atoms with Gasteiger partial charge in [-0.1, -0.05) is 0 Å². The minimum absolute atomic E-state index is 0.322. The Morgan fingerprint density at radius 1 is 1.28 bits per heavy atom. The van der Waals surface area contributed by atoms with Gasteiger partial charge in [-0.3, -0.25) is 4.79 Å². The summed E-state index contributed by atoms with van der Waals surface area (Å²) >= 11 is 0. The molecule has 1 aliphatic rings. The first-order valence-electron chi connectivity index (χ1n) is 6.07. The van der Waals surface area contributed by atoms with Crippen molar-refractivity contribution >= 4 is 5.97 Å². The predicted octanol–water partition coefficient (Wildman–Crippen LogP) is 2.18. The van der Waals surface area contributed by atoms with Crippen LogP contribution < -0.4 is 9.47 Å². The molecule has 18 heavy (non-hydrogen) atoms. The van der Waals surface area contributed by atoms with Crippen LogP contribution in [0.4, 0.5) is 0 Å². The maximum absolute atomic E-state index is 11.2. The molecule has 0 aliphatic carbocycles. The van der Waals surface area contributed by atoms with Gasteiger partial charge >= 0.3 is 5.97 Å². The van der Waals surface area contributed by atoms with Crippen LogP contribution in [0.2, 0.25) is 0 Å². The van der Waals surface area contributed by atoms with E-state index in [1.54, 1.807) is 0 Å². The molecule has 0 bridgehead atoms. The van der Waals surface area contributed by atoms with Crippen molar-refractivity contribution in [3.05, 3.63) is 22.3 Å². The van der Waals surface area contributed by atoms with Crippen molar-refractivity contribution in [1.29, 1.82) is 0 Å². The van der Waals surface area contributed by atoms with Gasteiger partial charge in [-0.15, -0.1) is 0 Å². The molecule has 1 aromatic rings. The summed E-state index contributed by atoms with van der Waals surface area (Å²) in [6.45, 7) is 7.13. The average molecular weight is 250 g/mol. The number of aliphatic hydroxyl groups excluding tert-OH is 1. The van der Waals surface area contributed by atoms with Crippen molar-refractivity contribution < 1.29 is 19.4 Å². The highest BCUT2D eigenvalue weighted by Gasteiger charge is 2.25. The smallest absolute Gasteiger partial charge is 0.308 e. The van der Waals surface area contributed by atoms with Gasteiger partial charge in [-0.05, 0) is 43.9 Å². The zero-order valence-electron chi connectivity index (χ0n) is 11.2. The Hall–Kier alpha value is -1.55. The molecule has 98 valence electrons. The van der Waals surface area contributed by atoms with E-state index in [-0.39, 0.29) is 5.97 Å². The molecule has 4 nitrogen and oxygen atoms in total. The molecular weight excluding hydrogens is 232 g/mol. The highest BCUT2D eigenvalue weighted by molar-refractivity contribution is 5.72. The number of hydrogen-bond donors (Lipinski definition) is 1. The van der Waals surface area contributed by atoms with Crippen LogP contribution in [0.1, 0.15) is 35.6 Å². The zero-order valence-corrected chi connectivity index (χ0v) is 11.2. The van der Waals surface area contributed by atoms with Crippen molar-refractivity contribution in [2.45, 2.75) is 46.8 Å². The van der Waals surface area contributed by atoms with Crippen molar-refractivity contribution in [3.63, 3.8) is 0 Å². The Kier molecular flexibility index (Phi) is 3.30. The first-order valence-corrected chi connectivity index (χ1v) is 6.07. The fourth-order valence-electron chi connectivity index (χ4n) is 2.38. The predicted molar refractivity (Wildman–Crippen MR) is 66.9 cm³/mol. The topological polar surface area (TPSA) is 55.8 Å². The number of benzene rings is 1. The van der Waals surface area contributed by atoms with Crippen molar-refractivity contribution in [2.24, 2.45) is 0 Å². The van der Waals surface area contributed by atoms with Crippen LogP contribution in [0.15, 0.2) is 0 Å². The quantitative estimate of drug-likeness (QED) is 0.613. The molecule has 4 heteroatoms. The second-order valence-corrected chi connectivity index (χ2v) is 4.72. The van der Waals surface area contributed by atoms with Crippen LogP contribution in [0.25, 0.3) is 0 Å². The highest BCUT2D eigenvalue weighted by atomic mass is 16.6. The number of rotatable bonds is 1. The summed E-state index contributed by atoms with van der Waals surface area (Å²) in [5, 5.41) is 9.57. The van der Waals surface area contributed by atoms with Gasteiger partial charge in [0.2, 0.25) is 0 Å². The summed E-state index contributed by atoms with van der Waals surface area (Å²) in [6.07, 6.45) is 0.558. The summed E-state index contributed by atoms with van der Waals surface area (Å²) < 4.78 is 10.8. The van der Waals surface area contributed by atoms with E-state index in [2.05, 4.69) is 0 Å². The van der Waals surface area contributed by atoms with Gasteiger partial charge in [0, 0.05) is 18.9 Å². The van der Waals surface area contributed by atoms with Crippen molar-refractivity contribution in [1.82, 2.24) is 0 Å². The molecule has 0 fully saturated rings. The van der Waals surface area contributed by atoms with E-state index < -0.39 is 6.29 Å². The molecule has 0 saturated carbocycles. The van der Waals surface area contributed by atoms with E-state index in [0.29, 0.717) is 12.2 Å². The molecule has 0 aromatic heterocycles. The molecule has 1 aliphatic heterocycles. The molecule has 0 unspecified atom stereocenters. The van der Waals surface area contributed by atoms with Crippen molar-refractivity contribution in [3.8, 4) is 11.5 Å². The van der Waals surface area contributed by atoms with E-state index in [4.69, 9.17) is 9.47 Å². The third kappa shape index (κ3) is 2.08. The lowest BCUT2D eigenvalue weighted by Gasteiger charge is -2.27. The Labute approximate surface area is 107 Å². The fraction of sp³-hybridized carbons (Fsp3) is 0.500. The second kappa shape index (κ2) is 4.61. The zero-order chi connectivity index (χ0) is 13.4. The first-order chi connectivity index (χ1) is 8.41. The third-order valence-electron chi connectivity index (χ3n) is 3.45. The molecule has 1 aromatic carbocycles. The molecular formula is C14H18O4. The monoisotopic (exact) mass is 250 g/mol. The van der Waals surface area contributed by atoms with E-state index in [1.165, 1.54) is 6.92 Å². The molecule has 2 rings (SSSR count). The van der Waals surface area contributed by atoms with Gasteiger partial charge in [0.15, 0.2) is 6.29 Å². The molecule has 0 spiro atoms. The van der Waals surface area contributed by atoms with Crippen LogP contribution in [0.3, 0.4) is 0 Å². The Balaban J connectivity index is 2.59. The maximum Gasteiger partial charge on any atom is 0.308 e. The van der Waals surface area contributed by atoms with Crippen LogP contribution >= 0.6 is 0 Å². The summed E-state index contributed by atoms with van der Waals surface area (Å²) in [7, 11) is 0. The van der Waals surface area contributed by atoms with Crippen LogP contribution in [0.5, 0.6) is 11.5 Å². The number of esters is 1. The molecule has 1 N–H and O–H groups in total. The van der Waals surface area contributed by atoms with Crippen LogP contribution in [0, 0.1) is 20.8 Å². The number of hydrogen-bond acceptors (Lipinski definition) is 4. The minimum atomic E-state index is -0.741. The fourth-order valence-corrected chi connectivity index (χ4v) is 2.38. The lowest BCUT2D eigenvalue weighted by molar-refractivity contribution is -0.132. The highest BCUT2D eigenvalue weighted by Crippen LogP contribution is 2.41. The third-order valence-corrected chi connectivity index (χ3v) is 3.45. The first kappa shape index (κ1) is 12.9. The normalized spacial score (nSPS) is 17.9. The van der Waals surface area contributed by atoms with Gasteiger partial charge in [0.25, 0.3) is 0 Å². The van der Waals surface area contributed by atoms with Gasteiger partial charge in [0.05, 0.1) is 0 Å². The van der Waals surface area contributed by atoms with Crippen LogP contribution in [-0.2, 0) is 11.2 Å². The SMILES string of the molecule is CC(=O)Oc1c(C)c(C)c2c(c1C)CC[C@H](O)O2. The largest absolute Gasteiger partial charge is 0.465 e. The van der Waals surface area contributed by atoms with Crippen molar-refractivity contribution in [2.75, 3.05) is 0 Å². The summed E-state index contributed by atoms with van der Waals surface area (Å²) in [5.74, 6) is 1.04. The lowest BCUT2D eigenvalue weighted by Crippen LogP contribution is -2.24.